The molecule has 0 spiro atoms. The first-order valence-electron chi connectivity index (χ1n) is 11.4. The van der Waals surface area contributed by atoms with Crippen LogP contribution in [0.3, 0.4) is 0 Å². The van der Waals surface area contributed by atoms with E-state index in [1.54, 1.807) is 16.8 Å². The third kappa shape index (κ3) is 4.47. The smallest absolute Gasteiger partial charge is 0.287 e. The van der Waals surface area contributed by atoms with Gasteiger partial charge in [0.05, 0.1) is 25.5 Å². The highest BCUT2D eigenvalue weighted by Crippen LogP contribution is 2.20. The second-order valence-corrected chi connectivity index (χ2v) is 8.52. The van der Waals surface area contributed by atoms with Gasteiger partial charge in [0.1, 0.15) is 5.58 Å². The number of nitrogens with zero attached hydrogens (tertiary/aromatic N) is 3. The van der Waals surface area contributed by atoms with Gasteiger partial charge < -0.3 is 14.5 Å². The number of para-hydroxylation sites is 1. The van der Waals surface area contributed by atoms with Crippen LogP contribution >= 0.6 is 0 Å². The van der Waals surface area contributed by atoms with Gasteiger partial charge in [0.25, 0.3) is 11.5 Å². The van der Waals surface area contributed by atoms with Gasteiger partial charge >= 0.3 is 0 Å². The molecule has 1 saturated heterocycles. The van der Waals surface area contributed by atoms with Gasteiger partial charge in [0.2, 0.25) is 0 Å². The number of piperidine rings is 1. The number of furan rings is 1. The quantitative estimate of drug-likeness (QED) is 0.638. The number of fused-ring (bicyclic) bond motifs is 2. The fraction of sp³-hybridized carbons (Fsp3) is 0.458. The fourth-order valence-electron chi connectivity index (χ4n) is 4.61. The van der Waals surface area contributed by atoms with E-state index in [4.69, 9.17) is 9.15 Å². The summed E-state index contributed by atoms with van der Waals surface area (Å²) in [6.45, 7) is 3.90. The summed E-state index contributed by atoms with van der Waals surface area (Å²) in [5, 5.41) is 8.53. The second-order valence-electron chi connectivity index (χ2n) is 8.52. The summed E-state index contributed by atoms with van der Waals surface area (Å²) < 4.78 is 12.7. The molecule has 8 nitrogen and oxygen atoms in total. The molecule has 0 aliphatic carbocycles. The molecule has 0 saturated carbocycles. The van der Waals surface area contributed by atoms with Crippen molar-refractivity contribution in [2.24, 2.45) is 0 Å². The first-order chi connectivity index (χ1) is 15.7. The van der Waals surface area contributed by atoms with Gasteiger partial charge in [-0.05, 0) is 31.5 Å². The van der Waals surface area contributed by atoms with Crippen molar-refractivity contribution in [2.75, 3.05) is 26.2 Å². The zero-order valence-corrected chi connectivity index (χ0v) is 18.1. The number of carbonyl (C=O) groups excluding carboxylic acids is 1. The van der Waals surface area contributed by atoms with Crippen molar-refractivity contribution in [3.05, 3.63) is 63.8 Å². The van der Waals surface area contributed by atoms with E-state index in [9.17, 15) is 9.59 Å². The first-order valence-corrected chi connectivity index (χ1v) is 11.4. The van der Waals surface area contributed by atoms with Crippen molar-refractivity contribution in [2.45, 2.75) is 44.9 Å². The molecule has 1 unspecified atom stereocenters. The summed E-state index contributed by atoms with van der Waals surface area (Å²) in [5.74, 6) is 0.142. The van der Waals surface area contributed by atoms with E-state index in [0.717, 1.165) is 55.4 Å². The number of ether oxygens (including phenoxy) is 1. The van der Waals surface area contributed by atoms with Crippen molar-refractivity contribution in [1.82, 2.24) is 20.0 Å². The third-order valence-electron chi connectivity index (χ3n) is 6.40. The van der Waals surface area contributed by atoms with Gasteiger partial charge in [-0.25, -0.2) is 4.68 Å². The molecule has 1 fully saturated rings. The second kappa shape index (κ2) is 9.26. The summed E-state index contributed by atoms with van der Waals surface area (Å²) in [6.07, 6.45) is 4.02. The Morgan fingerprint density at radius 3 is 3.00 bits per heavy atom. The Hall–Kier alpha value is -2.97. The van der Waals surface area contributed by atoms with Crippen LogP contribution in [0.5, 0.6) is 0 Å². The molecular formula is C24H28N4O4. The van der Waals surface area contributed by atoms with Gasteiger partial charge in [-0.15, -0.1) is 0 Å². The number of hydrogen-bond acceptors (Lipinski definition) is 6. The van der Waals surface area contributed by atoms with Crippen LogP contribution in [0.1, 0.15) is 41.1 Å². The minimum Gasteiger partial charge on any atom is -0.451 e. The standard InChI is InChI=1S/C24H28N4O4/c29-23-14-18-16-31-12-8-20(18)26-28(23)11-10-27-9-4-3-6-19(27)15-25-24(30)22-13-17-5-1-2-7-21(17)32-22/h1-2,5,7,13-14,19H,3-4,6,8-12,15-16H2,(H,25,30). The van der Waals surface area contributed by atoms with Gasteiger partial charge in [0, 0.05) is 42.6 Å². The van der Waals surface area contributed by atoms with Gasteiger partial charge in [-0.1, -0.05) is 24.6 Å². The summed E-state index contributed by atoms with van der Waals surface area (Å²) in [5.41, 5.74) is 2.50. The maximum atomic E-state index is 12.6. The number of rotatable bonds is 6. The number of likely N-dealkylation sites (tertiary alicyclic amines) is 1. The molecule has 32 heavy (non-hydrogen) atoms. The Morgan fingerprint density at radius 1 is 1.19 bits per heavy atom. The highest BCUT2D eigenvalue weighted by Gasteiger charge is 2.24. The first kappa shape index (κ1) is 20.9. The molecule has 2 aliphatic rings. The summed E-state index contributed by atoms with van der Waals surface area (Å²) in [6, 6.07) is 11.3. The molecular weight excluding hydrogens is 408 g/mol. The Morgan fingerprint density at radius 2 is 2.09 bits per heavy atom. The Bertz CT molecular complexity index is 1140. The Labute approximate surface area is 186 Å². The highest BCUT2D eigenvalue weighted by atomic mass is 16.5. The van der Waals surface area contributed by atoms with E-state index in [-0.39, 0.29) is 17.5 Å². The van der Waals surface area contributed by atoms with Crippen LogP contribution in [0.2, 0.25) is 0 Å². The fourth-order valence-corrected chi connectivity index (χ4v) is 4.61. The third-order valence-corrected chi connectivity index (χ3v) is 6.40. The number of aromatic nitrogens is 2. The maximum absolute atomic E-state index is 12.6. The zero-order chi connectivity index (χ0) is 21.9. The lowest BCUT2D eigenvalue weighted by Gasteiger charge is -2.35. The maximum Gasteiger partial charge on any atom is 0.287 e. The van der Waals surface area contributed by atoms with Gasteiger partial charge in [-0.2, -0.15) is 5.10 Å². The van der Waals surface area contributed by atoms with Gasteiger partial charge in [0.15, 0.2) is 5.76 Å². The topological polar surface area (TPSA) is 89.6 Å². The van der Waals surface area contributed by atoms with Crippen LogP contribution in [0, 0.1) is 0 Å². The van der Waals surface area contributed by atoms with E-state index < -0.39 is 0 Å². The van der Waals surface area contributed by atoms with Crippen molar-refractivity contribution >= 4 is 16.9 Å². The average Bonchev–Trinajstić information content (AvgIpc) is 3.26. The monoisotopic (exact) mass is 436 g/mol. The number of carbonyl (C=O) groups is 1. The van der Waals surface area contributed by atoms with Crippen molar-refractivity contribution < 1.29 is 13.9 Å². The molecule has 3 aromatic rings. The van der Waals surface area contributed by atoms with E-state index >= 15 is 0 Å². The molecule has 4 heterocycles. The lowest BCUT2D eigenvalue weighted by molar-refractivity contribution is 0.0883. The number of hydrogen-bond donors (Lipinski definition) is 1. The number of benzene rings is 1. The molecule has 168 valence electrons. The highest BCUT2D eigenvalue weighted by molar-refractivity contribution is 5.96. The van der Waals surface area contributed by atoms with E-state index in [1.807, 2.05) is 24.3 Å². The molecule has 1 aromatic carbocycles. The van der Waals surface area contributed by atoms with E-state index in [2.05, 4.69) is 15.3 Å². The summed E-state index contributed by atoms with van der Waals surface area (Å²) >= 11 is 0. The van der Waals surface area contributed by atoms with Crippen LogP contribution < -0.4 is 10.9 Å². The molecule has 0 radical (unpaired) electrons. The lowest BCUT2D eigenvalue weighted by Crippen LogP contribution is -2.48. The van der Waals surface area contributed by atoms with Gasteiger partial charge in [-0.3, -0.25) is 14.5 Å². The number of amides is 1. The minimum absolute atomic E-state index is 0.0824. The molecule has 8 heteroatoms. The molecule has 1 amide bonds. The molecule has 0 bridgehead atoms. The van der Waals surface area contributed by atoms with Crippen LogP contribution in [0.4, 0.5) is 0 Å². The Kier molecular flexibility index (Phi) is 6.05. The van der Waals surface area contributed by atoms with Crippen LogP contribution in [0.15, 0.2) is 45.6 Å². The van der Waals surface area contributed by atoms with E-state index in [1.165, 1.54) is 0 Å². The summed E-state index contributed by atoms with van der Waals surface area (Å²) in [4.78, 5) is 27.4. The van der Waals surface area contributed by atoms with Crippen molar-refractivity contribution in [3.8, 4) is 0 Å². The number of nitrogens with one attached hydrogen (secondary N) is 1. The zero-order valence-electron chi connectivity index (χ0n) is 18.1. The lowest BCUT2D eigenvalue weighted by atomic mass is 10.0. The van der Waals surface area contributed by atoms with Crippen LogP contribution in [-0.2, 0) is 24.3 Å². The minimum atomic E-state index is -0.193. The average molecular weight is 437 g/mol. The van der Waals surface area contributed by atoms with Crippen LogP contribution in [-0.4, -0.2) is 52.9 Å². The molecule has 5 rings (SSSR count). The predicted molar refractivity (Wildman–Crippen MR) is 120 cm³/mol. The van der Waals surface area contributed by atoms with E-state index in [0.29, 0.717) is 37.6 Å². The summed E-state index contributed by atoms with van der Waals surface area (Å²) in [7, 11) is 0. The van der Waals surface area contributed by atoms with Crippen molar-refractivity contribution in [1.29, 1.82) is 0 Å². The predicted octanol–water partition coefficient (Wildman–Crippen LogP) is 2.35. The largest absolute Gasteiger partial charge is 0.451 e. The molecule has 2 aliphatic heterocycles. The van der Waals surface area contributed by atoms with Crippen molar-refractivity contribution in [3.63, 3.8) is 0 Å². The van der Waals surface area contributed by atoms with Crippen LogP contribution in [0.25, 0.3) is 11.0 Å². The SMILES string of the molecule is O=C(NCC1CCCCN1CCn1nc2c(cc1=O)COCC2)c1cc2ccccc2o1. The molecule has 1 atom stereocenters. The Balaban J connectivity index is 1.20. The molecule has 2 aromatic heterocycles. The normalized spacial score (nSPS) is 19.1. The molecule has 1 N–H and O–H groups in total.